The van der Waals surface area contributed by atoms with Crippen LogP contribution in [0.3, 0.4) is 0 Å². The van der Waals surface area contributed by atoms with E-state index in [9.17, 15) is 8.42 Å². The summed E-state index contributed by atoms with van der Waals surface area (Å²) in [5.41, 5.74) is 1.69. The average Bonchev–Trinajstić information content (AvgIpc) is 3.17. The maximum Gasteiger partial charge on any atom is 0.242 e. The lowest BCUT2D eigenvalue weighted by molar-refractivity contribution is 0.459. The Labute approximate surface area is 154 Å². The fourth-order valence-electron chi connectivity index (χ4n) is 2.59. The first kappa shape index (κ1) is 18.4. The van der Waals surface area contributed by atoms with E-state index in [0.717, 1.165) is 24.0 Å². The Hall–Kier alpha value is -2.44. The lowest BCUT2D eigenvalue weighted by Gasteiger charge is -2.16. The van der Waals surface area contributed by atoms with Crippen molar-refractivity contribution in [3.05, 3.63) is 60.8 Å². The van der Waals surface area contributed by atoms with Crippen LogP contribution in [0, 0.1) is 0 Å². The van der Waals surface area contributed by atoms with Crippen molar-refractivity contribution < 1.29 is 12.8 Å². The number of oxazole rings is 1. The van der Waals surface area contributed by atoms with E-state index in [1.165, 1.54) is 4.31 Å². The summed E-state index contributed by atoms with van der Waals surface area (Å²) in [4.78, 5) is 4.58. The second-order valence-electron chi connectivity index (χ2n) is 6.10. The second kappa shape index (κ2) is 7.85. The average molecular weight is 370 g/mol. The molecule has 0 saturated carbocycles. The molecule has 5 nitrogen and oxygen atoms in total. The number of aromatic nitrogens is 1. The molecule has 6 heteroatoms. The topological polar surface area (TPSA) is 63.4 Å². The van der Waals surface area contributed by atoms with Gasteiger partial charge < -0.3 is 4.42 Å². The molecule has 0 atom stereocenters. The Bertz CT molecular complexity index is 948. The monoisotopic (exact) mass is 370 g/mol. The van der Waals surface area contributed by atoms with Gasteiger partial charge in [-0.05, 0) is 30.7 Å². The Balaban J connectivity index is 1.81. The number of hydrogen-bond acceptors (Lipinski definition) is 4. The van der Waals surface area contributed by atoms with Gasteiger partial charge in [-0.15, -0.1) is 0 Å². The predicted molar refractivity (Wildman–Crippen MR) is 102 cm³/mol. The van der Waals surface area contributed by atoms with Gasteiger partial charge in [-0.2, -0.15) is 0 Å². The molecule has 0 unspecified atom stereocenters. The van der Waals surface area contributed by atoms with Gasteiger partial charge in [0.25, 0.3) is 0 Å². The largest absolute Gasteiger partial charge is 0.436 e. The molecule has 0 aliphatic heterocycles. The molecule has 26 heavy (non-hydrogen) atoms. The zero-order valence-electron chi connectivity index (χ0n) is 14.9. The van der Waals surface area contributed by atoms with Crippen molar-refractivity contribution >= 4 is 10.0 Å². The maximum atomic E-state index is 12.6. The molecule has 0 aliphatic carbocycles. The minimum Gasteiger partial charge on any atom is -0.436 e. The summed E-state index contributed by atoms with van der Waals surface area (Å²) in [6.45, 7) is 2.55. The predicted octanol–water partition coefficient (Wildman–Crippen LogP) is 4.43. The molecule has 0 bridgehead atoms. The number of nitrogens with zero attached hydrogens (tertiary/aromatic N) is 2. The molecule has 1 heterocycles. The molecular weight excluding hydrogens is 348 g/mol. The van der Waals surface area contributed by atoms with E-state index >= 15 is 0 Å². The minimum absolute atomic E-state index is 0.273. The minimum atomic E-state index is -3.47. The van der Waals surface area contributed by atoms with Crippen LogP contribution in [0.25, 0.3) is 22.8 Å². The van der Waals surface area contributed by atoms with E-state index in [2.05, 4.69) is 4.98 Å². The zero-order chi connectivity index (χ0) is 18.6. The van der Waals surface area contributed by atoms with Crippen molar-refractivity contribution in [1.82, 2.24) is 9.29 Å². The molecule has 0 radical (unpaired) electrons. The van der Waals surface area contributed by atoms with E-state index in [4.69, 9.17) is 4.42 Å². The molecule has 3 aromatic rings. The number of hydrogen-bond donors (Lipinski definition) is 0. The van der Waals surface area contributed by atoms with Crippen molar-refractivity contribution in [3.63, 3.8) is 0 Å². The summed E-state index contributed by atoms with van der Waals surface area (Å²) in [5, 5.41) is 0. The first-order chi connectivity index (χ1) is 12.5. The van der Waals surface area contributed by atoms with Crippen LogP contribution in [0.4, 0.5) is 0 Å². The number of benzene rings is 2. The Morgan fingerprint density at radius 3 is 2.35 bits per heavy atom. The Kier molecular flexibility index (Phi) is 5.54. The van der Waals surface area contributed by atoms with Gasteiger partial charge in [0.1, 0.15) is 0 Å². The van der Waals surface area contributed by atoms with Gasteiger partial charge in [-0.25, -0.2) is 17.7 Å². The van der Waals surface area contributed by atoms with Gasteiger partial charge in [-0.3, -0.25) is 0 Å². The third kappa shape index (κ3) is 3.86. The Morgan fingerprint density at radius 1 is 1.00 bits per heavy atom. The quantitative estimate of drug-likeness (QED) is 0.617. The molecule has 0 spiro atoms. The molecule has 0 aliphatic rings. The van der Waals surface area contributed by atoms with Crippen LogP contribution in [-0.4, -0.2) is 31.3 Å². The van der Waals surface area contributed by atoms with Gasteiger partial charge in [0.2, 0.25) is 15.9 Å². The summed E-state index contributed by atoms with van der Waals surface area (Å²) in [6, 6.07) is 16.4. The highest BCUT2D eigenvalue weighted by Gasteiger charge is 2.20. The maximum absolute atomic E-state index is 12.6. The van der Waals surface area contributed by atoms with Crippen molar-refractivity contribution in [2.45, 2.75) is 24.7 Å². The van der Waals surface area contributed by atoms with Crippen molar-refractivity contribution in [2.24, 2.45) is 0 Å². The molecule has 0 fully saturated rings. The summed E-state index contributed by atoms with van der Waals surface area (Å²) >= 11 is 0. The fraction of sp³-hybridized carbons (Fsp3) is 0.250. The Morgan fingerprint density at radius 2 is 1.69 bits per heavy atom. The lowest BCUT2D eigenvalue weighted by atomic mass is 10.2. The van der Waals surface area contributed by atoms with E-state index in [-0.39, 0.29) is 4.90 Å². The standard InChI is InChI=1S/C20H22N2O3S/c1-3-4-14-22(2)26(23,24)18-12-10-17(11-13-18)20-21-15-19(25-20)16-8-6-5-7-9-16/h5-13,15H,3-4,14H2,1-2H3. The smallest absolute Gasteiger partial charge is 0.242 e. The van der Waals surface area contributed by atoms with E-state index in [1.807, 2.05) is 37.3 Å². The lowest BCUT2D eigenvalue weighted by Crippen LogP contribution is -2.27. The fourth-order valence-corrected chi connectivity index (χ4v) is 3.80. The summed E-state index contributed by atoms with van der Waals surface area (Å²) in [6.07, 6.45) is 3.47. The third-order valence-corrected chi connectivity index (χ3v) is 6.07. The van der Waals surface area contributed by atoms with Crippen LogP contribution < -0.4 is 0 Å². The first-order valence-corrected chi connectivity index (χ1v) is 10.0. The van der Waals surface area contributed by atoms with Gasteiger partial charge in [0, 0.05) is 24.7 Å². The van der Waals surface area contributed by atoms with Crippen LogP contribution in [-0.2, 0) is 10.0 Å². The van der Waals surface area contributed by atoms with Crippen molar-refractivity contribution in [2.75, 3.05) is 13.6 Å². The summed E-state index contributed by atoms with van der Waals surface area (Å²) in [5.74, 6) is 1.14. The van der Waals surface area contributed by atoms with E-state index < -0.39 is 10.0 Å². The van der Waals surface area contributed by atoms with Crippen molar-refractivity contribution in [3.8, 4) is 22.8 Å². The molecule has 3 rings (SSSR count). The van der Waals surface area contributed by atoms with Gasteiger partial charge >= 0.3 is 0 Å². The highest BCUT2D eigenvalue weighted by atomic mass is 32.2. The van der Waals surface area contributed by atoms with Crippen LogP contribution in [0.2, 0.25) is 0 Å². The van der Waals surface area contributed by atoms with Crippen LogP contribution in [0.15, 0.2) is 70.1 Å². The summed E-state index contributed by atoms with van der Waals surface area (Å²) in [7, 11) is -1.86. The normalized spacial score (nSPS) is 11.8. The number of sulfonamides is 1. The first-order valence-electron chi connectivity index (χ1n) is 8.60. The van der Waals surface area contributed by atoms with E-state index in [1.54, 1.807) is 37.5 Å². The molecule has 1 aromatic heterocycles. The summed E-state index contributed by atoms with van der Waals surface area (Å²) < 4.78 is 32.3. The van der Waals surface area contributed by atoms with Crippen molar-refractivity contribution in [1.29, 1.82) is 0 Å². The number of rotatable bonds is 7. The SMILES string of the molecule is CCCCN(C)S(=O)(=O)c1ccc(-c2ncc(-c3ccccc3)o2)cc1. The zero-order valence-corrected chi connectivity index (χ0v) is 15.7. The molecule has 0 amide bonds. The number of unbranched alkanes of at least 4 members (excludes halogenated alkanes) is 1. The third-order valence-electron chi connectivity index (χ3n) is 4.20. The molecule has 0 saturated heterocycles. The molecule has 136 valence electrons. The van der Waals surface area contributed by atoms with E-state index in [0.29, 0.717) is 18.2 Å². The van der Waals surface area contributed by atoms with Gasteiger partial charge in [-0.1, -0.05) is 43.7 Å². The highest BCUT2D eigenvalue weighted by Crippen LogP contribution is 2.27. The van der Waals surface area contributed by atoms with Crippen LogP contribution in [0.1, 0.15) is 19.8 Å². The molecule has 0 N–H and O–H groups in total. The molecule has 2 aromatic carbocycles. The van der Waals surface area contributed by atoms with Crippen LogP contribution >= 0.6 is 0 Å². The van der Waals surface area contributed by atoms with Crippen LogP contribution in [0.5, 0.6) is 0 Å². The molecular formula is C20H22N2O3S. The van der Waals surface area contributed by atoms with Gasteiger partial charge in [0.05, 0.1) is 11.1 Å². The van der Waals surface area contributed by atoms with Gasteiger partial charge in [0.15, 0.2) is 5.76 Å². The second-order valence-corrected chi connectivity index (χ2v) is 8.15. The highest BCUT2D eigenvalue weighted by molar-refractivity contribution is 7.89.